The smallest absolute Gasteiger partial charge is 0.251 e. The number of amides is 2. The maximum absolute atomic E-state index is 12.1. The average molecular weight is 372 g/mol. The second-order valence-electron chi connectivity index (χ2n) is 6.46. The SMILES string of the molecule is O=C(CNC(=O)c1ccccc1)N[C@@H]1CCN(Cc2ccc(Cl)cc2)C1. The summed E-state index contributed by atoms with van der Waals surface area (Å²) in [6.45, 7) is 2.57. The number of nitrogens with one attached hydrogen (secondary N) is 2. The topological polar surface area (TPSA) is 61.4 Å². The van der Waals surface area contributed by atoms with Crippen LogP contribution < -0.4 is 10.6 Å². The van der Waals surface area contributed by atoms with Crippen LogP contribution in [0.15, 0.2) is 54.6 Å². The molecule has 5 nitrogen and oxygen atoms in total. The fourth-order valence-electron chi connectivity index (χ4n) is 3.07. The molecule has 0 aromatic heterocycles. The largest absolute Gasteiger partial charge is 0.350 e. The molecule has 0 aliphatic carbocycles. The highest BCUT2D eigenvalue weighted by Gasteiger charge is 2.23. The van der Waals surface area contributed by atoms with Gasteiger partial charge in [-0.1, -0.05) is 41.9 Å². The fourth-order valence-corrected chi connectivity index (χ4v) is 3.20. The number of halogens is 1. The Balaban J connectivity index is 1.40. The molecule has 2 N–H and O–H groups in total. The maximum atomic E-state index is 12.1. The zero-order valence-electron chi connectivity index (χ0n) is 14.5. The van der Waals surface area contributed by atoms with Crippen molar-refractivity contribution in [1.82, 2.24) is 15.5 Å². The molecule has 1 aliphatic heterocycles. The summed E-state index contributed by atoms with van der Waals surface area (Å²) in [5.74, 6) is -0.399. The third kappa shape index (κ3) is 5.31. The van der Waals surface area contributed by atoms with Crippen molar-refractivity contribution < 1.29 is 9.59 Å². The lowest BCUT2D eigenvalue weighted by Gasteiger charge is -2.17. The van der Waals surface area contributed by atoms with Gasteiger partial charge in [0, 0.05) is 36.3 Å². The summed E-state index contributed by atoms with van der Waals surface area (Å²) >= 11 is 5.91. The molecule has 0 bridgehead atoms. The maximum Gasteiger partial charge on any atom is 0.251 e. The van der Waals surface area contributed by atoms with Crippen molar-refractivity contribution in [2.24, 2.45) is 0 Å². The van der Waals surface area contributed by atoms with Crippen LogP contribution in [0.4, 0.5) is 0 Å². The number of rotatable bonds is 6. The Morgan fingerprint density at radius 2 is 1.81 bits per heavy atom. The molecule has 6 heteroatoms. The summed E-state index contributed by atoms with van der Waals surface area (Å²) in [6.07, 6.45) is 0.909. The lowest BCUT2D eigenvalue weighted by Crippen LogP contribution is -2.43. The first-order chi connectivity index (χ1) is 12.6. The number of carbonyl (C=O) groups is 2. The zero-order valence-corrected chi connectivity index (χ0v) is 15.2. The highest BCUT2D eigenvalue weighted by molar-refractivity contribution is 6.30. The van der Waals surface area contributed by atoms with Crippen molar-refractivity contribution in [3.05, 3.63) is 70.7 Å². The second-order valence-corrected chi connectivity index (χ2v) is 6.90. The standard InChI is InChI=1S/C20H22ClN3O2/c21-17-8-6-15(7-9-17)13-24-11-10-18(14-24)23-19(25)12-22-20(26)16-4-2-1-3-5-16/h1-9,18H,10-14H2,(H,22,26)(H,23,25)/t18-/m1/s1. The zero-order chi connectivity index (χ0) is 18.4. The monoisotopic (exact) mass is 371 g/mol. The molecular weight excluding hydrogens is 350 g/mol. The van der Waals surface area contributed by atoms with Crippen molar-refractivity contribution in [3.8, 4) is 0 Å². The highest BCUT2D eigenvalue weighted by atomic mass is 35.5. The van der Waals surface area contributed by atoms with E-state index in [1.54, 1.807) is 24.3 Å². The molecule has 2 aromatic rings. The van der Waals surface area contributed by atoms with Gasteiger partial charge in [0.25, 0.3) is 5.91 Å². The van der Waals surface area contributed by atoms with Crippen LogP contribution in [0, 0.1) is 0 Å². The Bertz CT molecular complexity index is 749. The minimum Gasteiger partial charge on any atom is -0.350 e. The molecule has 26 heavy (non-hydrogen) atoms. The summed E-state index contributed by atoms with van der Waals surface area (Å²) < 4.78 is 0. The van der Waals surface area contributed by atoms with Gasteiger partial charge in [-0.3, -0.25) is 14.5 Å². The van der Waals surface area contributed by atoms with E-state index in [0.717, 1.165) is 31.1 Å². The minimum atomic E-state index is -0.239. The van der Waals surface area contributed by atoms with Crippen LogP contribution in [0.25, 0.3) is 0 Å². The van der Waals surface area contributed by atoms with Gasteiger partial charge in [-0.15, -0.1) is 0 Å². The molecule has 1 saturated heterocycles. The van der Waals surface area contributed by atoms with Crippen molar-refractivity contribution in [3.63, 3.8) is 0 Å². The number of hydrogen-bond donors (Lipinski definition) is 2. The quantitative estimate of drug-likeness (QED) is 0.820. The lowest BCUT2D eigenvalue weighted by molar-refractivity contribution is -0.120. The molecule has 1 aliphatic rings. The van der Waals surface area contributed by atoms with Crippen LogP contribution in [0.3, 0.4) is 0 Å². The number of carbonyl (C=O) groups excluding carboxylic acids is 2. The van der Waals surface area contributed by atoms with Crippen molar-refractivity contribution in [2.75, 3.05) is 19.6 Å². The van der Waals surface area contributed by atoms with Crippen LogP contribution >= 0.6 is 11.6 Å². The van der Waals surface area contributed by atoms with Gasteiger partial charge in [0.1, 0.15) is 0 Å². The molecule has 0 saturated carbocycles. The lowest BCUT2D eigenvalue weighted by atomic mass is 10.2. The van der Waals surface area contributed by atoms with Gasteiger partial charge in [-0.25, -0.2) is 0 Å². The van der Waals surface area contributed by atoms with E-state index in [-0.39, 0.29) is 24.4 Å². The Morgan fingerprint density at radius 1 is 1.08 bits per heavy atom. The van der Waals surface area contributed by atoms with Gasteiger partial charge in [0.15, 0.2) is 0 Å². The summed E-state index contributed by atoms with van der Waals surface area (Å²) in [4.78, 5) is 26.3. The predicted molar refractivity (Wildman–Crippen MR) is 102 cm³/mol. The summed E-state index contributed by atoms with van der Waals surface area (Å²) in [7, 11) is 0. The van der Waals surface area contributed by atoms with Crippen molar-refractivity contribution >= 4 is 23.4 Å². The van der Waals surface area contributed by atoms with Crippen LogP contribution in [0.2, 0.25) is 5.02 Å². The van der Waals surface area contributed by atoms with Crippen molar-refractivity contribution in [1.29, 1.82) is 0 Å². The number of hydrogen-bond acceptors (Lipinski definition) is 3. The van der Waals surface area contributed by atoms with Gasteiger partial charge in [0.05, 0.1) is 6.54 Å². The molecule has 2 amide bonds. The highest BCUT2D eigenvalue weighted by Crippen LogP contribution is 2.15. The molecular formula is C20H22ClN3O2. The Morgan fingerprint density at radius 3 is 2.54 bits per heavy atom. The molecule has 0 unspecified atom stereocenters. The van der Waals surface area contributed by atoms with Crippen LogP contribution in [-0.2, 0) is 11.3 Å². The second kappa shape index (κ2) is 8.83. The summed E-state index contributed by atoms with van der Waals surface area (Å²) in [6, 6.07) is 16.8. The third-order valence-corrected chi connectivity index (χ3v) is 4.65. The van der Waals surface area contributed by atoms with Gasteiger partial charge in [-0.05, 0) is 36.2 Å². The fraction of sp³-hybridized carbons (Fsp3) is 0.300. The molecule has 0 spiro atoms. The Labute approximate surface area is 158 Å². The number of benzene rings is 2. The Kier molecular flexibility index (Phi) is 6.26. The van der Waals surface area contributed by atoms with E-state index in [1.165, 1.54) is 5.56 Å². The third-order valence-electron chi connectivity index (χ3n) is 4.40. The molecule has 1 atom stereocenters. The minimum absolute atomic E-state index is 0.0125. The molecule has 1 fully saturated rings. The van der Waals surface area contributed by atoms with Gasteiger partial charge in [-0.2, -0.15) is 0 Å². The van der Waals surface area contributed by atoms with E-state index in [0.29, 0.717) is 5.56 Å². The summed E-state index contributed by atoms with van der Waals surface area (Å²) in [5.41, 5.74) is 1.76. The van der Waals surface area contributed by atoms with Crippen molar-refractivity contribution in [2.45, 2.75) is 19.0 Å². The van der Waals surface area contributed by atoms with Crippen LogP contribution in [0.5, 0.6) is 0 Å². The van der Waals surface area contributed by atoms with E-state index in [4.69, 9.17) is 11.6 Å². The van der Waals surface area contributed by atoms with E-state index in [9.17, 15) is 9.59 Å². The van der Waals surface area contributed by atoms with E-state index in [2.05, 4.69) is 15.5 Å². The molecule has 3 rings (SSSR count). The van der Waals surface area contributed by atoms with E-state index >= 15 is 0 Å². The normalized spacial score (nSPS) is 17.0. The van der Waals surface area contributed by atoms with Crippen LogP contribution in [-0.4, -0.2) is 42.4 Å². The van der Waals surface area contributed by atoms with Gasteiger partial charge in [0.2, 0.25) is 5.91 Å². The first kappa shape index (κ1) is 18.4. The first-order valence-electron chi connectivity index (χ1n) is 8.69. The van der Waals surface area contributed by atoms with Crippen LogP contribution in [0.1, 0.15) is 22.3 Å². The van der Waals surface area contributed by atoms with E-state index in [1.807, 2.05) is 30.3 Å². The Hall–Kier alpha value is -2.37. The number of likely N-dealkylation sites (tertiary alicyclic amines) is 1. The van der Waals surface area contributed by atoms with Gasteiger partial charge < -0.3 is 10.6 Å². The number of nitrogens with zero attached hydrogens (tertiary/aromatic N) is 1. The molecule has 2 aromatic carbocycles. The van der Waals surface area contributed by atoms with Gasteiger partial charge >= 0.3 is 0 Å². The molecule has 136 valence electrons. The average Bonchev–Trinajstić information content (AvgIpc) is 3.09. The summed E-state index contributed by atoms with van der Waals surface area (Å²) in [5, 5.41) is 6.38. The molecule has 1 heterocycles. The predicted octanol–water partition coefficient (Wildman–Crippen LogP) is 2.46. The molecule has 0 radical (unpaired) electrons. The van der Waals surface area contributed by atoms with E-state index < -0.39 is 0 Å². The first-order valence-corrected chi connectivity index (χ1v) is 9.07.